The lowest BCUT2D eigenvalue weighted by Crippen LogP contribution is -2.51. The van der Waals surface area contributed by atoms with Gasteiger partial charge in [-0.1, -0.05) is 69.4 Å². The van der Waals surface area contributed by atoms with E-state index in [-0.39, 0.29) is 10.8 Å². The third-order valence-corrected chi connectivity index (χ3v) is 12.9. The van der Waals surface area contributed by atoms with E-state index in [0.717, 1.165) is 29.9 Å². The average Bonchev–Trinajstić information content (AvgIpc) is 3.48. The first-order chi connectivity index (χ1) is 18.2. The Hall–Kier alpha value is -2.32. The maximum atomic E-state index is 5.89. The molecule has 2 aromatic rings. The van der Waals surface area contributed by atoms with Gasteiger partial charge in [-0.2, -0.15) is 0 Å². The van der Waals surface area contributed by atoms with Gasteiger partial charge < -0.3 is 5.73 Å². The summed E-state index contributed by atoms with van der Waals surface area (Å²) in [5.41, 5.74) is 13.1. The standard InChI is InChI=1S/C36H45NS/c1-6-36(22-25(3)33-21-27(23-38-33)20-26-7-10-29(37)11-8-26)18-15-32-30-12-9-28-19-24(2)13-16-34(28,4)31(30)14-17-35(32,36)5/h6-8,10-11,13,16,19,21,23,25,30-32H,1-2,9,12,14-15,17-18,20,22,37H2,3-5H3/t25-,30?,31?,32?,34?,35?,36?/m1/s1. The van der Waals surface area contributed by atoms with Crippen molar-refractivity contribution in [1.29, 1.82) is 0 Å². The van der Waals surface area contributed by atoms with Crippen molar-refractivity contribution < 1.29 is 0 Å². The van der Waals surface area contributed by atoms with Crippen molar-refractivity contribution in [3.8, 4) is 0 Å². The molecule has 0 amide bonds. The fourth-order valence-corrected chi connectivity index (χ4v) is 10.4. The summed E-state index contributed by atoms with van der Waals surface area (Å²) in [6.45, 7) is 16.4. The van der Waals surface area contributed by atoms with Gasteiger partial charge in [0.25, 0.3) is 0 Å². The van der Waals surface area contributed by atoms with Crippen LogP contribution in [0.15, 0.2) is 84.3 Å². The van der Waals surface area contributed by atoms with Crippen LogP contribution in [0.2, 0.25) is 0 Å². The number of allylic oxidation sites excluding steroid dienone is 6. The quantitative estimate of drug-likeness (QED) is 0.296. The van der Waals surface area contributed by atoms with Gasteiger partial charge >= 0.3 is 0 Å². The molecule has 3 fully saturated rings. The number of benzene rings is 1. The van der Waals surface area contributed by atoms with E-state index in [1.165, 1.54) is 66.5 Å². The minimum absolute atomic E-state index is 0.232. The van der Waals surface area contributed by atoms with E-state index in [0.29, 0.717) is 11.3 Å². The molecule has 7 atom stereocenters. The third kappa shape index (κ3) is 4.01. The van der Waals surface area contributed by atoms with Crippen LogP contribution in [0.25, 0.3) is 0 Å². The Labute approximate surface area is 234 Å². The van der Waals surface area contributed by atoms with E-state index < -0.39 is 0 Å². The van der Waals surface area contributed by atoms with Gasteiger partial charge in [0.1, 0.15) is 0 Å². The second-order valence-electron chi connectivity index (χ2n) is 13.5. The van der Waals surface area contributed by atoms with Gasteiger partial charge in [0, 0.05) is 16.0 Å². The summed E-state index contributed by atoms with van der Waals surface area (Å²) in [4.78, 5) is 1.53. The molecule has 0 spiro atoms. The molecule has 1 aromatic heterocycles. The van der Waals surface area contributed by atoms with Crippen LogP contribution in [0.1, 0.15) is 87.6 Å². The SMILES string of the molecule is C=CC1(C[C@@H](C)c2cc(Cc3ccc(N)cc3)cs2)CCC2C3CCC4=CC(=C)C=CC4(C)C3CCC21C. The molecule has 1 aromatic carbocycles. The number of hydrogen-bond acceptors (Lipinski definition) is 2. The molecule has 4 aliphatic rings. The molecule has 2 N–H and O–H groups in total. The van der Waals surface area contributed by atoms with E-state index in [9.17, 15) is 0 Å². The minimum atomic E-state index is 0.232. The van der Waals surface area contributed by atoms with Gasteiger partial charge in [-0.15, -0.1) is 17.9 Å². The normalized spacial score (nSPS) is 36.7. The van der Waals surface area contributed by atoms with Crippen LogP contribution in [-0.4, -0.2) is 0 Å². The Bertz CT molecular complexity index is 1290. The van der Waals surface area contributed by atoms with Gasteiger partial charge in [-0.05, 0) is 126 Å². The van der Waals surface area contributed by atoms with E-state index in [4.69, 9.17) is 5.73 Å². The van der Waals surface area contributed by atoms with Crippen molar-refractivity contribution in [3.63, 3.8) is 0 Å². The van der Waals surface area contributed by atoms with Gasteiger partial charge in [0.2, 0.25) is 0 Å². The molecule has 2 heteroatoms. The van der Waals surface area contributed by atoms with Crippen molar-refractivity contribution in [3.05, 3.63) is 100 Å². The zero-order chi connectivity index (χ0) is 26.7. The van der Waals surface area contributed by atoms with Crippen molar-refractivity contribution in [1.82, 2.24) is 0 Å². The molecule has 6 rings (SSSR count). The molecule has 200 valence electrons. The summed E-state index contributed by atoms with van der Waals surface area (Å²) < 4.78 is 0. The topological polar surface area (TPSA) is 26.0 Å². The number of rotatable bonds is 6. The monoisotopic (exact) mass is 523 g/mol. The fraction of sp³-hybridized carbons (Fsp3) is 0.500. The largest absolute Gasteiger partial charge is 0.399 e. The highest BCUT2D eigenvalue weighted by Gasteiger charge is 2.62. The number of nitrogens with two attached hydrogens (primary N) is 1. The van der Waals surface area contributed by atoms with Crippen LogP contribution in [0.3, 0.4) is 0 Å². The summed E-state index contributed by atoms with van der Waals surface area (Å²) in [5.74, 6) is 2.97. The number of anilines is 1. The van der Waals surface area contributed by atoms with Crippen LogP contribution in [0.5, 0.6) is 0 Å². The summed E-state index contributed by atoms with van der Waals surface area (Å²) in [7, 11) is 0. The number of thiophene rings is 1. The molecule has 3 saturated carbocycles. The predicted molar refractivity (Wildman–Crippen MR) is 164 cm³/mol. The fourth-order valence-electron chi connectivity index (χ4n) is 9.46. The van der Waals surface area contributed by atoms with Crippen LogP contribution in [0.4, 0.5) is 5.69 Å². The number of fused-ring (bicyclic) bond motifs is 5. The Morgan fingerprint density at radius 1 is 1.08 bits per heavy atom. The highest BCUT2D eigenvalue weighted by molar-refractivity contribution is 7.10. The third-order valence-electron chi connectivity index (χ3n) is 11.7. The smallest absolute Gasteiger partial charge is 0.0314 e. The molecule has 4 aliphatic carbocycles. The Balaban J connectivity index is 1.21. The highest BCUT2D eigenvalue weighted by Crippen LogP contribution is 2.71. The summed E-state index contributed by atoms with van der Waals surface area (Å²) in [5, 5.41) is 2.37. The summed E-state index contributed by atoms with van der Waals surface area (Å²) in [6.07, 6.45) is 19.8. The minimum Gasteiger partial charge on any atom is -0.399 e. The van der Waals surface area contributed by atoms with Crippen molar-refractivity contribution >= 4 is 17.0 Å². The number of nitrogen functional groups attached to an aromatic ring is 1. The second-order valence-corrected chi connectivity index (χ2v) is 14.5. The van der Waals surface area contributed by atoms with Gasteiger partial charge in [0.05, 0.1) is 0 Å². The van der Waals surface area contributed by atoms with E-state index in [1.54, 1.807) is 5.57 Å². The molecule has 0 radical (unpaired) electrons. The van der Waals surface area contributed by atoms with Crippen molar-refractivity contribution in [2.75, 3.05) is 5.73 Å². The molecular weight excluding hydrogens is 478 g/mol. The first-order valence-electron chi connectivity index (χ1n) is 14.8. The van der Waals surface area contributed by atoms with Crippen LogP contribution in [0, 0.1) is 34.0 Å². The lowest BCUT2D eigenvalue weighted by molar-refractivity contribution is -0.0562. The Kier molecular flexibility index (Phi) is 6.42. The molecule has 38 heavy (non-hydrogen) atoms. The molecule has 1 nitrogen and oxygen atoms in total. The van der Waals surface area contributed by atoms with Crippen molar-refractivity contribution in [2.24, 2.45) is 34.0 Å². The average molecular weight is 524 g/mol. The van der Waals surface area contributed by atoms with E-state index in [2.05, 4.69) is 81.8 Å². The molecule has 6 unspecified atom stereocenters. The molecule has 0 saturated heterocycles. The maximum absolute atomic E-state index is 5.89. The second kappa shape index (κ2) is 9.40. The van der Waals surface area contributed by atoms with Crippen LogP contribution >= 0.6 is 11.3 Å². The van der Waals surface area contributed by atoms with Gasteiger partial charge in [-0.3, -0.25) is 0 Å². The lowest BCUT2D eigenvalue weighted by atomic mass is 9.45. The predicted octanol–water partition coefficient (Wildman–Crippen LogP) is 9.88. The zero-order valence-corrected chi connectivity index (χ0v) is 24.5. The maximum Gasteiger partial charge on any atom is 0.0314 e. The highest BCUT2D eigenvalue weighted by atomic mass is 32.1. The first kappa shape index (κ1) is 25.9. The Morgan fingerprint density at radius 2 is 1.84 bits per heavy atom. The molecule has 0 aliphatic heterocycles. The van der Waals surface area contributed by atoms with Crippen LogP contribution in [-0.2, 0) is 6.42 Å². The van der Waals surface area contributed by atoms with Crippen LogP contribution < -0.4 is 5.73 Å². The zero-order valence-electron chi connectivity index (χ0n) is 23.6. The molecule has 0 bridgehead atoms. The summed E-state index contributed by atoms with van der Waals surface area (Å²) >= 11 is 1.95. The van der Waals surface area contributed by atoms with Crippen molar-refractivity contribution in [2.45, 2.75) is 78.1 Å². The lowest BCUT2D eigenvalue weighted by Gasteiger charge is -2.59. The van der Waals surface area contributed by atoms with E-state index in [1.807, 2.05) is 23.5 Å². The Morgan fingerprint density at radius 3 is 2.61 bits per heavy atom. The number of hydrogen-bond donors (Lipinski definition) is 1. The molecular formula is C36H45NS. The van der Waals surface area contributed by atoms with E-state index >= 15 is 0 Å². The summed E-state index contributed by atoms with van der Waals surface area (Å²) in [6, 6.07) is 10.8. The van der Waals surface area contributed by atoms with Gasteiger partial charge in [-0.25, -0.2) is 0 Å². The first-order valence-corrected chi connectivity index (χ1v) is 15.7. The van der Waals surface area contributed by atoms with Gasteiger partial charge in [0.15, 0.2) is 0 Å². The molecule has 1 heterocycles.